The van der Waals surface area contributed by atoms with Gasteiger partial charge in [-0.3, -0.25) is 9.59 Å². The first-order valence-corrected chi connectivity index (χ1v) is 7.94. The van der Waals surface area contributed by atoms with Crippen molar-refractivity contribution < 1.29 is 24.2 Å². The Balaban J connectivity index is 1.81. The molecular weight excluding hydrogens is 324 g/mol. The SMILES string of the molecule is CN(CCc1ccccc1)C(=O)[C@H](O)[C@@H](O)C(=O)NCc1ccco1. The normalized spacial score (nSPS) is 13.1. The number of carbonyl (C=O) groups is 2. The Labute approximate surface area is 145 Å². The summed E-state index contributed by atoms with van der Waals surface area (Å²) >= 11 is 0. The second-order valence-electron chi connectivity index (χ2n) is 5.68. The van der Waals surface area contributed by atoms with E-state index in [2.05, 4.69) is 5.32 Å². The highest BCUT2D eigenvalue weighted by molar-refractivity contribution is 5.90. The number of nitrogens with zero attached hydrogens (tertiary/aromatic N) is 1. The van der Waals surface area contributed by atoms with Crippen molar-refractivity contribution in [1.82, 2.24) is 10.2 Å². The molecule has 0 fully saturated rings. The first-order valence-electron chi connectivity index (χ1n) is 7.94. The van der Waals surface area contributed by atoms with Gasteiger partial charge in [0, 0.05) is 13.6 Å². The molecule has 134 valence electrons. The number of hydrogen-bond acceptors (Lipinski definition) is 5. The van der Waals surface area contributed by atoms with Crippen LogP contribution in [0.3, 0.4) is 0 Å². The van der Waals surface area contributed by atoms with Gasteiger partial charge in [-0.15, -0.1) is 0 Å². The molecule has 2 rings (SSSR count). The molecule has 1 heterocycles. The van der Waals surface area contributed by atoms with E-state index in [9.17, 15) is 19.8 Å². The number of furan rings is 1. The molecule has 1 aromatic carbocycles. The lowest BCUT2D eigenvalue weighted by Crippen LogP contribution is -2.50. The Morgan fingerprint density at radius 3 is 2.48 bits per heavy atom. The zero-order chi connectivity index (χ0) is 18.2. The number of nitrogens with one attached hydrogen (secondary N) is 1. The van der Waals surface area contributed by atoms with Gasteiger partial charge in [0.2, 0.25) is 0 Å². The Hall–Kier alpha value is -2.64. The van der Waals surface area contributed by atoms with Crippen LogP contribution in [0.5, 0.6) is 0 Å². The van der Waals surface area contributed by atoms with E-state index in [1.54, 1.807) is 12.1 Å². The van der Waals surface area contributed by atoms with Gasteiger partial charge in [-0.05, 0) is 24.1 Å². The molecule has 2 aromatic rings. The van der Waals surface area contributed by atoms with Crippen molar-refractivity contribution in [1.29, 1.82) is 0 Å². The fourth-order valence-corrected chi connectivity index (χ4v) is 2.25. The Morgan fingerprint density at radius 1 is 1.12 bits per heavy atom. The lowest BCUT2D eigenvalue weighted by molar-refractivity contribution is -0.152. The lowest BCUT2D eigenvalue weighted by atomic mass is 10.1. The highest BCUT2D eigenvalue weighted by atomic mass is 16.3. The molecule has 0 unspecified atom stereocenters. The third-order valence-corrected chi connectivity index (χ3v) is 3.79. The minimum Gasteiger partial charge on any atom is -0.467 e. The summed E-state index contributed by atoms with van der Waals surface area (Å²) < 4.78 is 5.05. The van der Waals surface area contributed by atoms with Gasteiger partial charge in [-0.2, -0.15) is 0 Å². The highest BCUT2D eigenvalue weighted by Crippen LogP contribution is 2.05. The molecule has 7 heteroatoms. The van der Waals surface area contributed by atoms with Crippen LogP contribution in [0, 0.1) is 0 Å². The molecule has 3 N–H and O–H groups in total. The summed E-state index contributed by atoms with van der Waals surface area (Å²) in [5.74, 6) is -1.05. The minimum absolute atomic E-state index is 0.0631. The van der Waals surface area contributed by atoms with E-state index in [-0.39, 0.29) is 6.54 Å². The van der Waals surface area contributed by atoms with E-state index in [1.165, 1.54) is 18.2 Å². The molecule has 0 spiro atoms. The van der Waals surface area contributed by atoms with E-state index in [0.29, 0.717) is 18.7 Å². The van der Waals surface area contributed by atoms with Crippen LogP contribution in [-0.4, -0.2) is 52.7 Å². The second kappa shape index (κ2) is 9.00. The van der Waals surface area contributed by atoms with Crippen molar-refractivity contribution in [2.24, 2.45) is 0 Å². The van der Waals surface area contributed by atoms with Gasteiger partial charge in [0.05, 0.1) is 12.8 Å². The summed E-state index contributed by atoms with van der Waals surface area (Å²) in [6, 6.07) is 12.9. The summed E-state index contributed by atoms with van der Waals surface area (Å²) in [4.78, 5) is 25.3. The van der Waals surface area contributed by atoms with Crippen molar-refractivity contribution in [3.8, 4) is 0 Å². The predicted octanol–water partition coefficient (Wildman–Crippen LogP) is 0.319. The second-order valence-corrected chi connectivity index (χ2v) is 5.68. The van der Waals surface area contributed by atoms with E-state index < -0.39 is 24.0 Å². The molecule has 0 saturated heterocycles. The van der Waals surface area contributed by atoms with Gasteiger partial charge in [0.15, 0.2) is 12.2 Å². The van der Waals surface area contributed by atoms with Crippen LogP contribution in [-0.2, 0) is 22.6 Å². The monoisotopic (exact) mass is 346 g/mol. The van der Waals surface area contributed by atoms with Crippen molar-refractivity contribution >= 4 is 11.8 Å². The summed E-state index contributed by atoms with van der Waals surface area (Å²) in [6.45, 7) is 0.425. The molecule has 25 heavy (non-hydrogen) atoms. The molecule has 2 atom stereocenters. The molecule has 2 amide bonds. The van der Waals surface area contributed by atoms with Crippen LogP contribution in [0.4, 0.5) is 0 Å². The minimum atomic E-state index is -1.85. The van der Waals surface area contributed by atoms with Gasteiger partial charge >= 0.3 is 0 Å². The standard InChI is InChI=1S/C18H22N2O5/c1-20(10-9-13-6-3-2-4-7-13)18(24)16(22)15(21)17(23)19-12-14-8-5-11-25-14/h2-8,11,15-16,21-22H,9-10,12H2,1H3,(H,19,23)/t15-,16-/m1/s1. The van der Waals surface area contributed by atoms with Crippen LogP contribution in [0.25, 0.3) is 0 Å². The van der Waals surface area contributed by atoms with Crippen LogP contribution in [0.15, 0.2) is 53.1 Å². The van der Waals surface area contributed by atoms with Gasteiger partial charge < -0.3 is 24.8 Å². The number of amides is 2. The number of rotatable bonds is 8. The molecule has 1 aromatic heterocycles. The summed E-state index contributed by atoms with van der Waals surface area (Å²) in [6.07, 6.45) is -1.60. The van der Waals surface area contributed by atoms with Gasteiger partial charge in [0.1, 0.15) is 5.76 Å². The third-order valence-electron chi connectivity index (χ3n) is 3.79. The molecule has 0 bridgehead atoms. The zero-order valence-electron chi connectivity index (χ0n) is 14.0. The maximum absolute atomic E-state index is 12.2. The summed E-state index contributed by atoms with van der Waals surface area (Å²) in [5.41, 5.74) is 1.05. The first-order chi connectivity index (χ1) is 12.0. The van der Waals surface area contributed by atoms with Crippen molar-refractivity contribution in [2.45, 2.75) is 25.2 Å². The smallest absolute Gasteiger partial charge is 0.254 e. The Morgan fingerprint density at radius 2 is 1.84 bits per heavy atom. The van der Waals surface area contributed by atoms with Crippen molar-refractivity contribution in [3.05, 3.63) is 60.1 Å². The van der Waals surface area contributed by atoms with E-state index in [0.717, 1.165) is 5.56 Å². The van der Waals surface area contributed by atoms with Crippen molar-refractivity contribution in [2.75, 3.05) is 13.6 Å². The average Bonchev–Trinajstić information content (AvgIpc) is 3.16. The molecule has 0 radical (unpaired) electrons. The van der Waals surface area contributed by atoms with Gasteiger partial charge in [-0.1, -0.05) is 30.3 Å². The number of likely N-dealkylation sites (N-methyl/N-ethyl adjacent to an activating group) is 1. The highest BCUT2D eigenvalue weighted by Gasteiger charge is 2.32. The largest absolute Gasteiger partial charge is 0.467 e. The fourth-order valence-electron chi connectivity index (χ4n) is 2.25. The van der Waals surface area contributed by atoms with Crippen molar-refractivity contribution in [3.63, 3.8) is 0 Å². The number of benzene rings is 1. The maximum atomic E-state index is 12.2. The average molecular weight is 346 g/mol. The maximum Gasteiger partial charge on any atom is 0.254 e. The van der Waals surface area contributed by atoms with Gasteiger partial charge in [0.25, 0.3) is 11.8 Å². The van der Waals surface area contributed by atoms with Crippen LogP contribution >= 0.6 is 0 Å². The number of aliphatic hydroxyl groups is 2. The van der Waals surface area contributed by atoms with Crippen LogP contribution < -0.4 is 5.32 Å². The number of carbonyl (C=O) groups excluding carboxylic acids is 2. The Kier molecular flexibility index (Phi) is 6.73. The number of hydrogen-bond donors (Lipinski definition) is 3. The van der Waals surface area contributed by atoms with E-state index in [1.807, 2.05) is 30.3 Å². The predicted molar refractivity (Wildman–Crippen MR) is 90.4 cm³/mol. The molecule has 7 nitrogen and oxygen atoms in total. The van der Waals surface area contributed by atoms with E-state index >= 15 is 0 Å². The zero-order valence-corrected chi connectivity index (χ0v) is 14.0. The number of aliphatic hydroxyl groups excluding tert-OH is 2. The summed E-state index contributed by atoms with van der Waals surface area (Å²) in [5, 5.41) is 22.2. The molecule has 0 aliphatic heterocycles. The topological polar surface area (TPSA) is 103 Å². The quantitative estimate of drug-likeness (QED) is 0.639. The third kappa shape index (κ3) is 5.44. The first kappa shape index (κ1) is 18.7. The van der Waals surface area contributed by atoms with Gasteiger partial charge in [-0.25, -0.2) is 0 Å². The summed E-state index contributed by atoms with van der Waals surface area (Å²) in [7, 11) is 1.52. The molecular formula is C18H22N2O5. The molecule has 0 saturated carbocycles. The molecule has 0 aliphatic carbocycles. The fraction of sp³-hybridized carbons (Fsp3) is 0.333. The molecule has 0 aliphatic rings. The van der Waals surface area contributed by atoms with Crippen LogP contribution in [0.2, 0.25) is 0 Å². The lowest BCUT2D eigenvalue weighted by Gasteiger charge is -2.23. The van der Waals surface area contributed by atoms with E-state index in [4.69, 9.17) is 4.42 Å². The Bertz CT molecular complexity index is 672. The van der Waals surface area contributed by atoms with Crippen LogP contribution in [0.1, 0.15) is 11.3 Å².